The molecule has 1 aromatic rings. The minimum absolute atomic E-state index is 0. The van der Waals surface area contributed by atoms with Gasteiger partial charge in [0.15, 0.2) is 0 Å². The van der Waals surface area contributed by atoms with Crippen molar-refractivity contribution in [3.63, 3.8) is 0 Å². The molecule has 0 saturated heterocycles. The van der Waals surface area contributed by atoms with Crippen LogP contribution < -0.4 is 10.2 Å². The second-order valence-corrected chi connectivity index (χ2v) is 9.47. The quantitative estimate of drug-likeness (QED) is 0.447. The molecule has 2 atom stereocenters. The maximum absolute atomic E-state index is 10.0. The zero-order valence-corrected chi connectivity index (χ0v) is 20.2. The van der Waals surface area contributed by atoms with E-state index >= 15 is 0 Å². The van der Waals surface area contributed by atoms with Crippen LogP contribution in [0.15, 0.2) is 47.2 Å². The fourth-order valence-corrected chi connectivity index (χ4v) is 5.17. The van der Waals surface area contributed by atoms with E-state index in [4.69, 9.17) is 23.2 Å². The molecule has 4 nitrogen and oxygen atoms in total. The summed E-state index contributed by atoms with van der Waals surface area (Å²) >= 11 is 11.1. The van der Waals surface area contributed by atoms with Gasteiger partial charge in [0.2, 0.25) is 0 Å². The summed E-state index contributed by atoms with van der Waals surface area (Å²) in [4.78, 5) is 20.0. The van der Waals surface area contributed by atoms with Crippen LogP contribution in [0.1, 0.15) is 0 Å². The summed E-state index contributed by atoms with van der Waals surface area (Å²) in [7, 11) is 5.44. The molecule has 0 N–H and O–H groups in total. The number of halogens is 2. The van der Waals surface area contributed by atoms with Gasteiger partial charge in [-0.2, -0.15) is 0 Å². The van der Waals surface area contributed by atoms with Crippen LogP contribution in [-0.4, -0.2) is 22.4 Å². The molecule has 2 unspecified atom stereocenters. The number of rotatable bonds is 2. The summed E-state index contributed by atoms with van der Waals surface area (Å²) in [6, 6.07) is 7.02. The van der Waals surface area contributed by atoms with Crippen LogP contribution in [-0.2, 0) is 29.1 Å². The Morgan fingerprint density at radius 1 is 0.800 bits per heavy atom. The average Bonchev–Trinajstić information content (AvgIpc) is 3.25. The smallest absolute Gasteiger partial charge is 0.549 e. The molecule has 0 amide bonds. The first-order valence-electron chi connectivity index (χ1n) is 6.20. The van der Waals surface area contributed by atoms with E-state index in [2.05, 4.69) is 0 Å². The number of carbonyl (C=O) groups excluding carboxylic acids is 2. The zero-order chi connectivity index (χ0) is 17.9. The van der Waals surface area contributed by atoms with Crippen molar-refractivity contribution in [3.8, 4) is 0 Å². The van der Waals surface area contributed by atoms with Crippen molar-refractivity contribution in [2.45, 2.75) is 10.5 Å². The van der Waals surface area contributed by atoms with Crippen LogP contribution in [0.4, 0.5) is 0 Å². The summed E-state index contributed by atoms with van der Waals surface area (Å²) in [6.45, 7) is 0. The zero-order valence-electron chi connectivity index (χ0n) is 12.5. The van der Waals surface area contributed by atoms with Gasteiger partial charge < -0.3 is 19.8 Å². The Hall–Kier alpha value is 0.243. The van der Waals surface area contributed by atoms with E-state index < -0.39 is 22.4 Å². The summed E-state index contributed by atoms with van der Waals surface area (Å²) in [6.07, 6.45) is 3.23. The van der Waals surface area contributed by atoms with Crippen molar-refractivity contribution < 1.29 is 39.3 Å². The van der Waals surface area contributed by atoms with Gasteiger partial charge in [-0.15, -0.1) is 0 Å². The normalized spacial score (nSPS) is 19.8. The van der Waals surface area contributed by atoms with Crippen LogP contribution in [0.5, 0.6) is 0 Å². The Morgan fingerprint density at radius 3 is 1.28 bits per heavy atom. The van der Waals surface area contributed by atoms with Gasteiger partial charge in [-0.05, 0) is 35.1 Å². The third-order valence-corrected chi connectivity index (χ3v) is 7.16. The first-order valence-corrected chi connectivity index (χ1v) is 11.5. The average molecular weight is 507 g/mol. The maximum Gasteiger partial charge on any atom is 2.00 e. The molecule has 0 bridgehead atoms. The van der Waals surface area contributed by atoms with Gasteiger partial charge in [-0.3, -0.25) is 0 Å². The molecular formula is C14H10Cl2O4S4Zn. The van der Waals surface area contributed by atoms with Crippen molar-refractivity contribution in [1.82, 2.24) is 0 Å². The predicted molar refractivity (Wildman–Crippen MR) is 103 cm³/mol. The number of carboxylic acids is 2. The molecule has 0 spiro atoms. The van der Waals surface area contributed by atoms with E-state index in [0.717, 1.165) is 10.0 Å². The van der Waals surface area contributed by atoms with Crippen LogP contribution in [0, 0.1) is 0 Å². The van der Waals surface area contributed by atoms with Gasteiger partial charge in [0.05, 0.1) is 22.4 Å². The Bertz CT molecular complexity index is 560. The molecule has 11 heteroatoms. The number of benzene rings is 1. The topological polar surface area (TPSA) is 80.3 Å². The van der Waals surface area contributed by atoms with Gasteiger partial charge in [0, 0.05) is 10.0 Å². The summed E-state index contributed by atoms with van der Waals surface area (Å²) in [5.41, 5.74) is 0. The first-order chi connectivity index (χ1) is 11.4. The number of carboxylic acid groups (broad SMARTS) is 2. The van der Waals surface area contributed by atoms with Crippen LogP contribution in [0.2, 0.25) is 10.0 Å². The number of hydrogen-bond donors (Lipinski definition) is 0. The van der Waals surface area contributed by atoms with Crippen LogP contribution in [0.25, 0.3) is 0 Å². The molecule has 130 valence electrons. The van der Waals surface area contributed by atoms with Gasteiger partial charge in [0.1, 0.15) is 0 Å². The van der Waals surface area contributed by atoms with Crippen molar-refractivity contribution in [2.24, 2.45) is 0 Å². The minimum Gasteiger partial charge on any atom is -0.549 e. The molecule has 0 radical (unpaired) electrons. The molecule has 0 aliphatic carbocycles. The first kappa shape index (κ1) is 25.2. The van der Waals surface area contributed by atoms with E-state index in [9.17, 15) is 19.8 Å². The van der Waals surface area contributed by atoms with Crippen molar-refractivity contribution in [3.05, 3.63) is 57.3 Å². The standard InChI is InChI=1S/C6H4Cl2.2C4H4O2S2.Zn/c7-5-1-2-6(8)4-3-5;2*5-4(6)3-1-2-7-8-3;/h1-4H;2*1-3H,(H,5,6);/q;;;+2/p-2. The summed E-state index contributed by atoms with van der Waals surface area (Å²) < 4.78 is 0. The van der Waals surface area contributed by atoms with Crippen molar-refractivity contribution in [1.29, 1.82) is 0 Å². The van der Waals surface area contributed by atoms with Gasteiger partial charge >= 0.3 is 19.5 Å². The van der Waals surface area contributed by atoms with E-state index in [1.807, 2.05) is 0 Å². The Morgan fingerprint density at radius 2 is 1.12 bits per heavy atom. The molecule has 2 aliphatic rings. The Kier molecular flexibility index (Phi) is 14.5. The van der Waals surface area contributed by atoms with Crippen molar-refractivity contribution in [2.75, 3.05) is 0 Å². The second-order valence-electron chi connectivity index (χ2n) is 3.96. The molecule has 0 saturated carbocycles. The maximum atomic E-state index is 10.0. The fraction of sp³-hybridized carbons (Fsp3) is 0.143. The molecule has 0 aromatic heterocycles. The third-order valence-electron chi connectivity index (χ3n) is 2.20. The molecule has 3 rings (SSSR count). The van der Waals surface area contributed by atoms with Crippen LogP contribution in [0.3, 0.4) is 0 Å². The number of carbonyl (C=O) groups is 2. The Balaban J connectivity index is 0.000000339. The van der Waals surface area contributed by atoms with Gasteiger partial charge in [0.25, 0.3) is 0 Å². The minimum atomic E-state index is -1.00. The van der Waals surface area contributed by atoms with E-state index in [1.165, 1.54) is 43.2 Å². The molecule has 0 fully saturated rings. The monoisotopic (exact) mass is 504 g/mol. The molecule has 2 aliphatic heterocycles. The largest absolute Gasteiger partial charge is 2.00 e. The predicted octanol–water partition coefficient (Wildman–Crippen LogP) is 3.02. The van der Waals surface area contributed by atoms with Gasteiger partial charge in [-0.1, -0.05) is 78.5 Å². The van der Waals surface area contributed by atoms with Crippen LogP contribution >= 0.6 is 66.4 Å². The third kappa shape index (κ3) is 11.5. The van der Waals surface area contributed by atoms with E-state index in [-0.39, 0.29) is 19.5 Å². The number of hydrogen-bond acceptors (Lipinski definition) is 8. The molecule has 25 heavy (non-hydrogen) atoms. The molecule has 2 heterocycles. The van der Waals surface area contributed by atoms with Crippen molar-refractivity contribution >= 4 is 78.3 Å². The SMILES string of the molecule is Clc1ccc(Cl)cc1.O=C([O-])C1C=CSS1.O=C([O-])C1C=CSS1.[Zn+2]. The second kappa shape index (κ2) is 14.3. The molecule has 1 aromatic carbocycles. The van der Waals surface area contributed by atoms with E-state index in [1.54, 1.807) is 47.2 Å². The molecular weight excluding hydrogens is 497 g/mol. The summed E-state index contributed by atoms with van der Waals surface area (Å²) in [5.74, 6) is -2.01. The van der Waals surface area contributed by atoms with E-state index in [0.29, 0.717) is 0 Å². The summed E-state index contributed by atoms with van der Waals surface area (Å²) in [5, 5.41) is 24.1. The fourth-order valence-electron chi connectivity index (χ4n) is 1.12. The number of aliphatic carboxylic acids is 2. The van der Waals surface area contributed by atoms with Gasteiger partial charge in [-0.25, -0.2) is 0 Å². The Labute approximate surface area is 184 Å².